The van der Waals surface area contributed by atoms with Crippen molar-refractivity contribution in [2.45, 2.75) is 20.4 Å². The van der Waals surface area contributed by atoms with Gasteiger partial charge >= 0.3 is 0 Å². The Labute approximate surface area is 113 Å². The van der Waals surface area contributed by atoms with Gasteiger partial charge in [-0.15, -0.1) is 0 Å². The average Bonchev–Trinajstić information content (AvgIpc) is 2.40. The van der Waals surface area contributed by atoms with Crippen LogP contribution in [0, 0.1) is 13.8 Å². The lowest BCUT2D eigenvalue weighted by molar-refractivity contribution is 0.100. The first-order valence-corrected chi connectivity index (χ1v) is 6.26. The van der Waals surface area contributed by atoms with Gasteiger partial charge in [0.05, 0.1) is 0 Å². The van der Waals surface area contributed by atoms with Crippen LogP contribution in [0.4, 0.5) is 5.69 Å². The van der Waals surface area contributed by atoms with Crippen LogP contribution in [0.3, 0.4) is 0 Å². The third kappa shape index (κ3) is 3.35. The summed E-state index contributed by atoms with van der Waals surface area (Å²) in [5.74, 6) is -0.394. The zero-order valence-corrected chi connectivity index (χ0v) is 11.2. The summed E-state index contributed by atoms with van der Waals surface area (Å²) in [5.41, 5.74) is 10.5. The van der Waals surface area contributed by atoms with Crippen LogP contribution in [0.5, 0.6) is 0 Å². The number of anilines is 1. The summed E-state index contributed by atoms with van der Waals surface area (Å²) in [6, 6.07) is 13.7. The zero-order valence-electron chi connectivity index (χ0n) is 11.2. The second-order valence-corrected chi connectivity index (χ2v) is 4.73. The molecule has 0 bridgehead atoms. The number of nitrogens with one attached hydrogen (secondary N) is 1. The Bertz CT molecular complexity index is 588. The SMILES string of the molecule is Cc1ccc(C)c(NCc2ccc(C(N)=O)cc2)c1. The van der Waals surface area contributed by atoms with Crippen LogP contribution in [-0.4, -0.2) is 5.91 Å². The molecule has 0 radical (unpaired) electrons. The van der Waals surface area contributed by atoms with Gasteiger partial charge in [0.25, 0.3) is 0 Å². The first kappa shape index (κ1) is 13.1. The quantitative estimate of drug-likeness (QED) is 0.881. The molecule has 2 aromatic rings. The predicted octanol–water partition coefficient (Wildman–Crippen LogP) is 3.01. The summed E-state index contributed by atoms with van der Waals surface area (Å²) in [6.45, 7) is 4.88. The molecule has 0 aromatic heterocycles. The van der Waals surface area contributed by atoms with E-state index < -0.39 is 5.91 Å². The monoisotopic (exact) mass is 254 g/mol. The second-order valence-electron chi connectivity index (χ2n) is 4.73. The highest BCUT2D eigenvalue weighted by molar-refractivity contribution is 5.92. The van der Waals surface area contributed by atoms with Crippen LogP contribution < -0.4 is 11.1 Å². The van der Waals surface area contributed by atoms with Crippen molar-refractivity contribution in [3.05, 3.63) is 64.7 Å². The molecule has 2 aromatic carbocycles. The number of primary amides is 1. The van der Waals surface area contributed by atoms with E-state index in [-0.39, 0.29) is 0 Å². The van der Waals surface area contributed by atoms with Crippen molar-refractivity contribution < 1.29 is 4.79 Å². The number of aryl methyl sites for hydroxylation is 2. The Morgan fingerprint density at radius 3 is 2.42 bits per heavy atom. The topological polar surface area (TPSA) is 55.1 Å². The highest BCUT2D eigenvalue weighted by Crippen LogP contribution is 2.17. The van der Waals surface area contributed by atoms with E-state index in [1.165, 1.54) is 11.1 Å². The second kappa shape index (κ2) is 5.57. The summed E-state index contributed by atoms with van der Waals surface area (Å²) in [7, 11) is 0. The van der Waals surface area contributed by atoms with Crippen molar-refractivity contribution in [2.75, 3.05) is 5.32 Å². The Morgan fingerprint density at radius 1 is 1.11 bits per heavy atom. The fourth-order valence-electron chi connectivity index (χ4n) is 1.91. The fourth-order valence-corrected chi connectivity index (χ4v) is 1.91. The van der Waals surface area contributed by atoms with Gasteiger partial charge in [-0.2, -0.15) is 0 Å². The zero-order chi connectivity index (χ0) is 13.8. The number of rotatable bonds is 4. The Balaban J connectivity index is 2.06. The number of amides is 1. The minimum absolute atomic E-state index is 0.394. The molecule has 0 fully saturated rings. The van der Waals surface area contributed by atoms with Crippen LogP contribution in [-0.2, 0) is 6.54 Å². The highest BCUT2D eigenvalue weighted by Gasteiger charge is 2.01. The van der Waals surface area contributed by atoms with Gasteiger partial charge < -0.3 is 11.1 Å². The molecule has 98 valence electrons. The number of hydrogen-bond acceptors (Lipinski definition) is 2. The maximum atomic E-state index is 11.0. The number of nitrogens with two attached hydrogens (primary N) is 1. The third-order valence-corrected chi connectivity index (χ3v) is 3.11. The van der Waals surface area contributed by atoms with Crippen molar-refractivity contribution in [1.82, 2.24) is 0 Å². The van der Waals surface area contributed by atoms with Gasteiger partial charge in [0.2, 0.25) is 5.91 Å². The molecule has 0 spiro atoms. The van der Waals surface area contributed by atoms with Crippen molar-refractivity contribution in [3.63, 3.8) is 0 Å². The standard InChI is InChI=1S/C16H18N2O/c1-11-3-4-12(2)15(9-11)18-10-13-5-7-14(8-6-13)16(17)19/h3-9,18H,10H2,1-2H3,(H2,17,19). The number of hydrogen-bond donors (Lipinski definition) is 2. The summed E-state index contributed by atoms with van der Waals surface area (Å²) in [6.07, 6.45) is 0. The van der Waals surface area contributed by atoms with E-state index in [1.54, 1.807) is 12.1 Å². The Kier molecular flexibility index (Phi) is 3.85. The third-order valence-electron chi connectivity index (χ3n) is 3.11. The maximum absolute atomic E-state index is 11.0. The van der Waals surface area contributed by atoms with Crippen molar-refractivity contribution >= 4 is 11.6 Å². The van der Waals surface area contributed by atoms with Crippen molar-refractivity contribution in [2.24, 2.45) is 5.73 Å². The van der Waals surface area contributed by atoms with Crippen LogP contribution in [0.15, 0.2) is 42.5 Å². The normalized spacial score (nSPS) is 10.2. The van der Waals surface area contributed by atoms with Crippen LogP contribution >= 0.6 is 0 Å². The molecule has 3 heteroatoms. The Morgan fingerprint density at radius 2 is 1.79 bits per heavy atom. The molecular weight excluding hydrogens is 236 g/mol. The lowest BCUT2D eigenvalue weighted by Gasteiger charge is -2.10. The number of carbonyl (C=O) groups excluding carboxylic acids is 1. The molecule has 0 aliphatic carbocycles. The molecule has 2 rings (SSSR count). The van der Waals surface area contributed by atoms with Crippen molar-refractivity contribution in [3.8, 4) is 0 Å². The molecule has 1 amide bonds. The molecule has 0 unspecified atom stereocenters. The molecule has 0 saturated heterocycles. The highest BCUT2D eigenvalue weighted by atomic mass is 16.1. The summed E-state index contributed by atoms with van der Waals surface area (Å²) >= 11 is 0. The minimum Gasteiger partial charge on any atom is -0.381 e. The maximum Gasteiger partial charge on any atom is 0.248 e. The Hall–Kier alpha value is -2.29. The summed E-state index contributed by atoms with van der Waals surface area (Å²) in [5, 5.41) is 3.40. The van der Waals surface area contributed by atoms with Gasteiger partial charge in [-0.05, 0) is 48.7 Å². The molecule has 0 aliphatic heterocycles. The van der Waals surface area contributed by atoms with Gasteiger partial charge in [-0.3, -0.25) is 4.79 Å². The minimum atomic E-state index is -0.394. The molecule has 0 atom stereocenters. The van der Waals surface area contributed by atoms with Crippen LogP contribution in [0.1, 0.15) is 27.0 Å². The van der Waals surface area contributed by atoms with E-state index in [0.29, 0.717) is 5.56 Å². The van der Waals surface area contributed by atoms with Gasteiger partial charge in [-0.25, -0.2) is 0 Å². The fraction of sp³-hybridized carbons (Fsp3) is 0.188. The smallest absolute Gasteiger partial charge is 0.248 e. The first-order chi connectivity index (χ1) is 9.06. The molecule has 0 saturated carbocycles. The van der Waals surface area contributed by atoms with E-state index in [9.17, 15) is 4.79 Å². The van der Waals surface area contributed by atoms with Gasteiger partial charge in [0, 0.05) is 17.8 Å². The average molecular weight is 254 g/mol. The van der Waals surface area contributed by atoms with Gasteiger partial charge in [-0.1, -0.05) is 24.3 Å². The number of carbonyl (C=O) groups is 1. The summed E-state index contributed by atoms with van der Waals surface area (Å²) < 4.78 is 0. The van der Waals surface area contributed by atoms with Gasteiger partial charge in [0.1, 0.15) is 0 Å². The van der Waals surface area contributed by atoms with E-state index in [2.05, 4.69) is 37.4 Å². The molecule has 3 N–H and O–H groups in total. The van der Waals surface area contributed by atoms with Crippen LogP contribution in [0.25, 0.3) is 0 Å². The first-order valence-electron chi connectivity index (χ1n) is 6.26. The molecule has 3 nitrogen and oxygen atoms in total. The molecule has 19 heavy (non-hydrogen) atoms. The molecule has 0 heterocycles. The van der Waals surface area contributed by atoms with E-state index in [1.807, 2.05) is 12.1 Å². The van der Waals surface area contributed by atoms with Crippen LogP contribution in [0.2, 0.25) is 0 Å². The van der Waals surface area contributed by atoms with E-state index in [4.69, 9.17) is 5.73 Å². The van der Waals surface area contributed by atoms with E-state index in [0.717, 1.165) is 17.8 Å². The number of benzene rings is 2. The largest absolute Gasteiger partial charge is 0.381 e. The van der Waals surface area contributed by atoms with E-state index >= 15 is 0 Å². The van der Waals surface area contributed by atoms with Crippen molar-refractivity contribution in [1.29, 1.82) is 0 Å². The van der Waals surface area contributed by atoms with Gasteiger partial charge in [0.15, 0.2) is 0 Å². The summed E-state index contributed by atoms with van der Waals surface area (Å²) in [4.78, 5) is 11.0. The lowest BCUT2D eigenvalue weighted by Crippen LogP contribution is -2.10. The molecular formula is C16H18N2O. The lowest BCUT2D eigenvalue weighted by atomic mass is 10.1. The molecule has 0 aliphatic rings. The predicted molar refractivity (Wildman–Crippen MR) is 78.2 cm³/mol.